The topological polar surface area (TPSA) is 105 Å². The molecule has 4 rings (SSSR count). The number of methoxy groups -OCH3 is 2. The molecule has 0 aliphatic carbocycles. The van der Waals surface area contributed by atoms with E-state index in [2.05, 4.69) is 21.2 Å². The highest BCUT2D eigenvalue weighted by Gasteiger charge is 2.41. The van der Waals surface area contributed by atoms with Gasteiger partial charge in [-0.2, -0.15) is 0 Å². The summed E-state index contributed by atoms with van der Waals surface area (Å²) in [5.41, 5.74) is 2.60. The quantitative estimate of drug-likeness (QED) is 0.295. The average Bonchev–Trinajstić information content (AvgIpc) is 3.03. The van der Waals surface area contributed by atoms with Crippen molar-refractivity contribution >= 4 is 51.0 Å². The third kappa shape index (κ3) is 6.46. The van der Waals surface area contributed by atoms with Gasteiger partial charge >= 0.3 is 5.97 Å². The molecule has 0 aromatic heterocycles. The molecule has 0 saturated heterocycles. The van der Waals surface area contributed by atoms with Crippen LogP contribution in [0.5, 0.6) is 5.75 Å². The molecule has 1 heterocycles. The zero-order valence-corrected chi connectivity index (χ0v) is 23.1. The highest BCUT2D eigenvalue weighted by molar-refractivity contribution is 9.09. The molecule has 0 saturated carbocycles. The van der Waals surface area contributed by atoms with Crippen LogP contribution in [-0.2, 0) is 32.2 Å². The zero-order chi connectivity index (χ0) is 27.9. The van der Waals surface area contributed by atoms with Crippen LogP contribution < -0.4 is 15.0 Å². The van der Waals surface area contributed by atoms with Crippen molar-refractivity contribution in [2.24, 2.45) is 0 Å². The van der Waals surface area contributed by atoms with E-state index < -0.39 is 23.8 Å². The molecule has 0 spiro atoms. The monoisotopic (exact) mass is 593 g/mol. The highest BCUT2D eigenvalue weighted by Crippen LogP contribution is 2.34. The summed E-state index contributed by atoms with van der Waals surface area (Å²) in [5.74, 6) is -1.16. The number of ether oxygens (including phenoxy) is 2. The summed E-state index contributed by atoms with van der Waals surface area (Å²) in [7, 11) is 2.79. The normalized spacial score (nSPS) is 14.9. The SMILES string of the molecule is COC(=O)C[C@H]1C(=O)N(Cc2ccccc2)c2cc(NC(=O)CBr)ccc2C(=O)N1Cc1cccc(OC)c1. The summed E-state index contributed by atoms with van der Waals surface area (Å²) in [4.78, 5) is 55.7. The number of carbonyl (C=O) groups excluding carboxylic acids is 4. The number of halogens is 1. The Morgan fingerprint density at radius 2 is 1.67 bits per heavy atom. The minimum absolute atomic E-state index is 0.0596. The number of alkyl halides is 1. The molecule has 9 nitrogen and oxygen atoms in total. The van der Waals surface area contributed by atoms with Crippen molar-refractivity contribution in [2.75, 3.05) is 29.8 Å². The number of esters is 1. The first-order valence-electron chi connectivity index (χ1n) is 12.2. The number of anilines is 2. The highest BCUT2D eigenvalue weighted by atomic mass is 79.9. The van der Waals surface area contributed by atoms with E-state index in [0.29, 0.717) is 17.1 Å². The lowest BCUT2D eigenvalue weighted by Crippen LogP contribution is -2.49. The Labute approximate surface area is 234 Å². The minimum Gasteiger partial charge on any atom is -0.497 e. The Morgan fingerprint density at radius 1 is 0.923 bits per heavy atom. The zero-order valence-electron chi connectivity index (χ0n) is 21.6. The second kappa shape index (κ2) is 12.6. The predicted octanol–water partition coefficient (Wildman–Crippen LogP) is 4.15. The molecule has 1 N–H and O–H groups in total. The second-order valence-corrected chi connectivity index (χ2v) is 9.47. The van der Waals surface area contributed by atoms with Crippen molar-refractivity contribution in [3.05, 3.63) is 89.5 Å². The van der Waals surface area contributed by atoms with Gasteiger partial charge in [-0.3, -0.25) is 19.2 Å². The number of amides is 3. The number of nitrogens with zero attached hydrogens (tertiary/aromatic N) is 2. The van der Waals surface area contributed by atoms with E-state index in [1.165, 1.54) is 16.9 Å². The van der Waals surface area contributed by atoms with Gasteiger partial charge in [0, 0.05) is 12.2 Å². The minimum atomic E-state index is -1.13. The fourth-order valence-electron chi connectivity index (χ4n) is 4.45. The van der Waals surface area contributed by atoms with Crippen LogP contribution in [0.3, 0.4) is 0 Å². The van der Waals surface area contributed by atoms with Crippen LogP contribution in [0, 0.1) is 0 Å². The third-order valence-electron chi connectivity index (χ3n) is 6.37. The van der Waals surface area contributed by atoms with Crippen molar-refractivity contribution in [1.82, 2.24) is 4.90 Å². The summed E-state index contributed by atoms with van der Waals surface area (Å²) >= 11 is 3.13. The number of rotatable bonds is 9. The van der Waals surface area contributed by atoms with E-state index in [4.69, 9.17) is 9.47 Å². The number of fused-ring (bicyclic) bond motifs is 1. The number of hydrogen-bond acceptors (Lipinski definition) is 6. The maximum atomic E-state index is 14.2. The first-order chi connectivity index (χ1) is 18.8. The summed E-state index contributed by atoms with van der Waals surface area (Å²) in [6.45, 7) is 0.213. The molecule has 0 fully saturated rings. The van der Waals surface area contributed by atoms with Gasteiger partial charge in [0.1, 0.15) is 11.8 Å². The van der Waals surface area contributed by atoms with E-state index in [1.54, 1.807) is 43.5 Å². The van der Waals surface area contributed by atoms with Gasteiger partial charge in [0.25, 0.3) is 11.8 Å². The van der Waals surface area contributed by atoms with Crippen molar-refractivity contribution in [3.63, 3.8) is 0 Å². The summed E-state index contributed by atoms with van der Waals surface area (Å²) in [6, 6.07) is 20.2. The maximum Gasteiger partial charge on any atom is 0.308 e. The molecule has 10 heteroatoms. The van der Waals surface area contributed by atoms with Crippen LogP contribution in [0.2, 0.25) is 0 Å². The lowest BCUT2D eigenvalue weighted by Gasteiger charge is -2.30. The van der Waals surface area contributed by atoms with E-state index in [9.17, 15) is 19.2 Å². The van der Waals surface area contributed by atoms with Crippen molar-refractivity contribution in [1.29, 1.82) is 0 Å². The van der Waals surface area contributed by atoms with Gasteiger partial charge in [-0.05, 0) is 41.5 Å². The number of carbonyl (C=O) groups is 4. The summed E-state index contributed by atoms with van der Waals surface area (Å²) in [5, 5.41) is 2.84. The van der Waals surface area contributed by atoms with Crippen LogP contribution in [0.15, 0.2) is 72.8 Å². The molecule has 0 unspecified atom stereocenters. The van der Waals surface area contributed by atoms with Crippen LogP contribution in [0.4, 0.5) is 11.4 Å². The fraction of sp³-hybridized carbons (Fsp3) is 0.241. The van der Waals surface area contributed by atoms with E-state index in [1.807, 2.05) is 36.4 Å². The van der Waals surface area contributed by atoms with Gasteiger partial charge in [0.15, 0.2) is 0 Å². The Hall–Kier alpha value is -4.18. The van der Waals surface area contributed by atoms with Gasteiger partial charge in [-0.25, -0.2) is 0 Å². The van der Waals surface area contributed by atoms with Crippen molar-refractivity contribution < 1.29 is 28.7 Å². The van der Waals surface area contributed by atoms with Crippen LogP contribution in [-0.4, -0.2) is 54.2 Å². The van der Waals surface area contributed by atoms with Crippen LogP contribution >= 0.6 is 15.9 Å². The smallest absolute Gasteiger partial charge is 0.308 e. The van der Waals surface area contributed by atoms with E-state index in [0.717, 1.165) is 11.1 Å². The van der Waals surface area contributed by atoms with Crippen LogP contribution in [0.25, 0.3) is 0 Å². The molecule has 202 valence electrons. The van der Waals surface area contributed by atoms with Gasteiger partial charge < -0.3 is 24.6 Å². The van der Waals surface area contributed by atoms with Gasteiger partial charge in [0.2, 0.25) is 5.91 Å². The molecule has 3 aromatic carbocycles. The lowest BCUT2D eigenvalue weighted by atomic mass is 10.1. The summed E-state index contributed by atoms with van der Waals surface area (Å²) < 4.78 is 10.2. The first-order valence-corrected chi connectivity index (χ1v) is 13.3. The molecular weight excluding hydrogens is 566 g/mol. The molecule has 3 aromatic rings. The Kier molecular flexibility index (Phi) is 8.98. The predicted molar refractivity (Wildman–Crippen MR) is 150 cm³/mol. The standard InChI is InChI=1S/C29H28BrN3O6/c1-38-22-10-6-9-20(13-22)18-33-25(15-27(35)39-2)29(37)32(17-19-7-4-3-5-8-19)24-14-21(31-26(34)16-30)11-12-23(24)28(33)36/h3-14,25H,15-18H2,1-2H3,(H,31,34)/t25-/m0/s1. The molecule has 1 aliphatic rings. The number of hydrogen-bond donors (Lipinski definition) is 1. The molecular formula is C29H28BrN3O6. The second-order valence-electron chi connectivity index (χ2n) is 8.90. The van der Waals surface area contributed by atoms with E-state index in [-0.39, 0.29) is 36.3 Å². The fourth-order valence-corrected chi connectivity index (χ4v) is 4.59. The van der Waals surface area contributed by atoms with Crippen molar-refractivity contribution in [2.45, 2.75) is 25.6 Å². The Bertz CT molecular complexity index is 1380. The van der Waals surface area contributed by atoms with Crippen molar-refractivity contribution in [3.8, 4) is 5.75 Å². The molecule has 0 bridgehead atoms. The third-order valence-corrected chi connectivity index (χ3v) is 6.88. The molecule has 3 amide bonds. The molecule has 1 aliphatic heterocycles. The number of benzene rings is 3. The Morgan fingerprint density at radius 3 is 2.36 bits per heavy atom. The molecule has 39 heavy (non-hydrogen) atoms. The average molecular weight is 594 g/mol. The summed E-state index contributed by atoms with van der Waals surface area (Å²) in [6.07, 6.45) is -0.322. The van der Waals surface area contributed by atoms with Gasteiger partial charge in [0.05, 0.1) is 43.8 Å². The first kappa shape index (κ1) is 27.8. The lowest BCUT2D eigenvalue weighted by molar-refractivity contribution is -0.144. The van der Waals surface area contributed by atoms with Gasteiger partial charge in [-0.1, -0.05) is 58.4 Å². The molecule has 0 radical (unpaired) electrons. The van der Waals surface area contributed by atoms with Gasteiger partial charge in [-0.15, -0.1) is 0 Å². The van der Waals surface area contributed by atoms with Crippen LogP contribution in [0.1, 0.15) is 27.9 Å². The largest absolute Gasteiger partial charge is 0.497 e. The number of nitrogens with one attached hydrogen (secondary N) is 1. The molecule has 1 atom stereocenters. The maximum absolute atomic E-state index is 14.2. The Balaban J connectivity index is 1.85. The van der Waals surface area contributed by atoms with E-state index >= 15 is 0 Å².